The Hall–Kier alpha value is -1.28. The topological polar surface area (TPSA) is 21.3 Å². The average Bonchev–Trinajstić information content (AvgIpc) is 2.38. The summed E-state index contributed by atoms with van der Waals surface area (Å²) in [6, 6.07) is 8.33. The molecule has 0 spiro atoms. The number of rotatable bonds is 8. The van der Waals surface area contributed by atoms with E-state index in [1.807, 2.05) is 26.0 Å². The van der Waals surface area contributed by atoms with Gasteiger partial charge in [-0.2, -0.15) is 0 Å². The van der Waals surface area contributed by atoms with Gasteiger partial charge in [0.15, 0.2) is 0 Å². The van der Waals surface area contributed by atoms with E-state index in [2.05, 4.69) is 44.3 Å². The van der Waals surface area contributed by atoms with Crippen LogP contribution in [-0.2, 0) is 0 Å². The molecule has 0 aromatic heterocycles. The molecule has 0 saturated carbocycles. The number of hydrogen-bond acceptors (Lipinski definition) is 2. The van der Waals surface area contributed by atoms with Crippen molar-refractivity contribution in [2.45, 2.75) is 47.1 Å². The number of ether oxygens (including phenoxy) is 1. The lowest BCUT2D eigenvalue weighted by atomic mass is 10.1. The van der Waals surface area contributed by atoms with Gasteiger partial charge in [0.05, 0.1) is 6.10 Å². The first kappa shape index (κ1) is 16.8. The molecule has 0 amide bonds. The molecule has 1 rings (SSSR count). The van der Waals surface area contributed by atoms with E-state index in [0.29, 0.717) is 5.92 Å². The molecule has 0 aliphatic heterocycles. The van der Waals surface area contributed by atoms with Crippen molar-refractivity contribution in [2.75, 3.05) is 13.1 Å². The van der Waals surface area contributed by atoms with Crippen molar-refractivity contribution in [1.82, 2.24) is 5.32 Å². The van der Waals surface area contributed by atoms with Crippen molar-refractivity contribution in [1.29, 1.82) is 0 Å². The van der Waals surface area contributed by atoms with Crippen LogP contribution in [0.3, 0.4) is 0 Å². The smallest absolute Gasteiger partial charge is 0.119 e. The summed E-state index contributed by atoms with van der Waals surface area (Å²) in [6.45, 7) is 12.8. The lowest BCUT2D eigenvalue weighted by molar-refractivity contribution is 0.242. The molecule has 0 bridgehead atoms. The highest BCUT2D eigenvalue weighted by Crippen LogP contribution is 2.16. The third kappa shape index (κ3) is 6.76. The zero-order valence-electron chi connectivity index (χ0n) is 13.6. The maximum Gasteiger partial charge on any atom is 0.119 e. The Bertz CT molecular complexity index is 404. The van der Waals surface area contributed by atoms with Crippen LogP contribution in [0.25, 0.3) is 6.08 Å². The SMILES string of the molecule is CCC(=Cc1ccc(OC(C)C)cc1)CNCC(C)C. The van der Waals surface area contributed by atoms with E-state index in [-0.39, 0.29) is 6.10 Å². The van der Waals surface area contributed by atoms with Gasteiger partial charge in [-0.05, 0) is 50.4 Å². The van der Waals surface area contributed by atoms with Crippen molar-refractivity contribution in [2.24, 2.45) is 5.92 Å². The summed E-state index contributed by atoms with van der Waals surface area (Å²) >= 11 is 0. The predicted molar refractivity (Wildman–Crippen MR) is 88.2 cm³/mol. The maximum atomic E-state index is 5.66. The fraction of sp³-hybridized carbons (Fsp3) is 0.556. The van der Waals surface area contributed by atoms with Gasteiger partial charge in [-0.3, -0.25) is 0 Å². The van der Waals surface area contributed by atoms with Crippen LogP contribution in [0.15, 0.2) is 29.8 Å². The van der Waals surface area contributed by atoms with Gasteiger partial charge in [-0.25, -0.2) is 0 Å². The third-order valence-corrected chi connectivity index (χ3v) is 2.98. The second-order valence-corrected chi connectivity index (χ2v) is 5.92. The Morgan fingerprint density at radius 2 is 1.80 bits per heavy atom. The van der Waals surface area contributed by atoms with Crippen molar-refractivity contribution in [3.63, 3.8) is 0 Å². The Morgan fingerprint density at radius 1 is 1.15 bits per heavy atom. The summed E-state index contributed by atoms with van der Waals surface area (Å²) in [6.07, 6.45) is 3.57. The zero-order valence-corrected chi connectivity index (χ0v) is 13.6. The highest BCUT2D eigenvalue weighted by Gasteiger charge is 1.99. The normalized spacial score (nSPS) is 12.2. The molecule has 2 nitrogen and oxygen atoms in total. The van der Waals surface area contributed by atoms with Crippen LogP contribution in [0.4, 0.5) is 0 Å². The number of hydrogen-bond donors (Lipinski definition) is 1. The van der Waals surface area contributed by atoms with E-state index in [9.17, 15) is 0 Å². The van der Waals surface area contributed by atoms with Crippen molar-refractivity contribution >= 4 is 6.08 Å². The quantitative estimate of drug-likeness (QED) is 0.753. The molecule has 0 unspecified atom stereocenters. The molecule has 0 aliphatic carbocycles. The van der Waals surface area contributed by atoms with Gasteiger partial charge in [0.25, 0.3) is 0 Å². The first-order chi connectivity index (χ1) is 9.51. The molecule has 112 valence electrons. The molecular formula is C18H29NO. The molecular weight excluding hydrogens is 246 g/mol. The largest absolute Gasteiger partial charge is 0.491 e. The van der Waals surface area contributed by atoms with E-state index in [0.717, 1.165) is 25.3 Å². The number of nitrogens with one attached hydrogen (secondary N) is 1. The zero-order chi connectivity index (χ0) is 15.0. The highest BCUT2D eigenvalue weighted by atomic mass is 16.5. The Labute approximate surface area is 124 Å². The van der Waals surface area contributed by atoms with E-state index in [1.54, 1.807) is 0 Å². The average molecular weight is 275 g/mol. The van der Waals surface area contributed by atoms with Crippen LogP contribution >= 0.6 is 0 Å². The van der Waals surface area contributed by atoms with Gasteiger partial charge in [0.2, 0.25) is 0 Å². The van der Waals surface area contributed by atoms with E-state index < -0.39 is 0 Å². The fourth-order valence-electron chi connectivity index (χ4n) is 1.95. The van der Waals surface area contributed by atoms with Crippen LogP contribution < -0.4 is 10.1 Å². The van der Waals surface area contributed by atoms with Crippen molar-refractivity contribution < 1.29 is 4.74 Å². The standard InChI is InChI=1S/C18H29NO/c1-6-16(13-19-12-14(2)3)11-17-7-9-18(10-8-17)20-15(4)5/h7-11,14-15,19H,6,12-13H2,1-5H3. The molecule has 0 fully saturated rings. The van der Waals surface area contributed by atoms with Crippen molar-refractivity contribution in [3.8, 4) is 5.75 Å². The molecule has 0 radical (unpaired) electrons. The lowest BCUT2D eigenvalue weighted by Crippen LogP contribution is -2.21. The van der Waals surface area contributed by atoms with E-state index in [4.69, 9.17) is 4.74 Å². The Kier molecular flexibility index (Phi) is 7.38. The van der Waals surface area contributed by atoms with Gasteiger partial charge < -0.3 is 10.1 Å². The summed E-state index contributed by atoms with van der Waals surface area (Å²) < 4.78 is 5.66. The first-order valence-corrected chi connectivity index (χ1v) is 7.68. The molecule has 1 aromatic carbocycles. The summed E-state index contributed by atoms with van der Waals surface area (Å²) in [7, 11) is 0. The summed E-state index contributed by atoms with van der Waals surface area (Å²) in [5, 5.41) is 3.50. The molecule has 0 heterocycles. The second-order valence-electron chi connectivity index (χ2n) is 5.92. The van der Waals surface area contributed by atoms with Crippen LogP contribution in [0.1, 0.15) is 46.6 Å². The van der Waals surface area contributed by atoms with Gasteiger partial charge in [-0.15, -0.1) is 0 Å². The fourth-order valence-corrected chi connectivity index (χ4v) is 1.95. The molecule has 0 aliphatic rings. The lowest BCUT2D eigenvalue weighted by Gasteiger charge is -2.11. The summed E-state index contributed by atoms with van der Waals surface area (Å²) in [4.78, 5) is 0. The predicted octanol–water partition coefficient (Wildman–Crippen LogP) is 4.51. The second kappa shape index (κ2) is 8.80. The van der Waals surface area contributed by atoms with Crippen molar-refractivity contribution in [3.05, 3.63) is 35.4 Å². The van der Waals surface area contributed by atoms with E-state index in [1.165, 1.54) is 11.1 Å². The molecule has 1 aromatic rings. The van der Waals surface area contributed by atoms with Gasteiger partial charge in [0.1, 0.15) is 5.75 Å². The molecule has 0 saturated heterocycles. The van der Waals surface area contributed by atoms with Gasteiger partial charge in [-0.1, -0.05) is 44.6 Å². The van der Waals surface area contributed by atoms with E-state index >= 15 is 0 Å². The molecule has 1 N–H and O–H groups in total. The van der Waals surface area contributed by atoms with Gasteiger partial charge in [0, 0.05) is 6.54 Å². The maximum absolute atomic E-state index is 5.66. The molecule has 2 heteroatoms. The van der Waals surface area contributed by atoms with Gasteiger partial charge >= 0.3 is 0 Å². The van der Waals surface area contributed by atoms with Crippen LogP contribution in [0.5, 0.6) is 5.75 Å². The number of benzene rings is 1. The minimum Gasteiger partial charge on any atom is -0.491 e. The Balaban J connectivity index is 2.60. The molecule has 0 atom stereocenters. The first-order valence-electron chi connectivity index (χ1n) is 7.68. The monoisotopic (exact) mass is 275 g/mol. The highest BCUT2D eigenvalue weighted by molar-refractivity contribution is 5.54. The summed E-state index contributed by atoms with van der Waals surface area (Å²) in [5.74, 6) is 1.63. The van der Waals surface area contributed by atoms with Crippen LogP contribution in [0.2, 0.25) is 0 Å². The summed E-state index contributed by atoms with van der Waals surface area (Å²) in [5.41, 5.74) is 2.67. The minimum atomic E-state index is 0.225. The molecule has 20 heavy (non-hydrogen) atoms. The van der Waals surface area contributed by atoms with Crippen LogP contribution in [-0.4, -0.2) is 19.2 Å². The minimum absolute atomic E-state index is 0.225. The Morgan fingerprint density at radius 3 is 2.30 bits per heavy atom. The third-order valence-electron chi connectivity index (χ3n) is 2.98. The van der Waals surface area contributed by atoms with Crippen LogP contribution in [0, 0.1) is 5.92 Å².